The lowest BCUT2D eigenvalue weighted by atomic mass is 10.2. The maximum atomic E-state index is 10.9. The molecule has 0 aliphatic carbocycles. The van der Waals surface area contributed by atoms with Gasteiger partial charge in [0, 0.05) is 6.92 Å². The zero-order chi connectivity index (χ0) is 10.3. The molecule has 1 atom stereocenters. The summed E-state index contributed by atoms with van der Waals surface area (Å²) in [5, 5.41) is 0. The highest BCUT2D eigenvalue weighted by atomic mass is 16.6. The van der Waals surface area contributed by atoms with Gasteiger partial charge in [-0.1, -0.05) is 12.7 Å². The van der Waals surface area contributed by atoms with E-state index in [-0.39, 0.29) is 6.42 Å². The molecule has 13 heavy (non-hydrogen) atoms. The summed E-state index contributed by atoms with van der Waals surface area (Å²) < 4.78 is 9.44. The fourth-order valence-electron chi connectivity index (χ4n) is 0.770. The lowest BCUT2D eigenvalue weighted by molar-refractivity contribution is -0.150. The van der Waals surface area contributed by atoms with Gasteiger partial charge in [0.05, 0.1) is 13.0 Å². The minimum absolute atomic E-state index is 0.0247. The van der Waals surface area contributed by atoms with Gasteiger partial charge >= 0.3 is 11.9 Å². The molecule has 4 nitrogen and oxygen atoms in total. The third-order valence-electron chi connectivity index (χ3n) is 1.25. The lowest BCUT2D eigenvalue weighted by Crippen LogP contribution is -2.19. The van der Waals surface area contributed by atoms with Crippen LogP contribution < -0.4 is 0 Å². The van der Waals surface area contributed by atoms with Crippen molar-refractivity contribution in [3.8, 4) is 0 Å². The van der Waals surface area contributed by atoms with Gasteiger partial charge in [-0.15, -0.1) is 0 Å². The smallest absolute Gasteiger partial charge is 0.309 e. The van der Waals surface area contributed by atoms with Crippen LogP contribution in [0.15, 0.2) is 12.7 Å². The molecule has 0 heterocycles. The molecule has 0 bridgehead atoms. The summed E-state index contributed by atoms with van der Waals surface area (Å²) in [6, 6.07) is 0. The number of hydrogen-bond donors (Lipinski definition) is 0. The number of ether oxygens (including phenoxy) is 2. The number of esters is 2. The van der Waals surface area contributed by atoms with Crippen LogP contribution in [-0.4, -0.2) is 24.6 Å². The fraction of sp³-hybridized carbons (Fsp3) is 0.556. The zero-order valence-corrected chi connectivity index (χ0v) is 7.91. The van der Waals surface area contributed by atoms with E-state index in [1.807, 2.05) is 0 Å². The van der Waals surface area contributed by atoms with Gasteiger partial charge in [-0.3, -0.25) is 9.59 Å². The fourth-order valence-corrected chi connectivity index (χ4v) is 0.770. The molecule has 0 amide bonds. The number of carbonyl (C=O) groups is 2. The summed E-state index contributed by atoms with van der Waals surface area (Å²) in [6.07, 6.45) is 0.839. The molecule has 0 fully saturated rings. The Balaban J connectivity index is 3.90. The second-order valence-corrected chi connectivity index (χ2v) is 2.39. The van der Waals surface area contributed by atoms with E-state index in [4.69, 9.17) is 4.74 Å². The van der Waals surface area contributed by atoms with E-state index in [1.54, 1.807) is 6.92 Å². The molecule has 0 spiro atoms. The standard InChI is InChI=1S/C9H14O4/c1-4-8(13-7(3)10)6-9(11)12-5-2/h4,8H,1,5-6H2,2-3H3/t8-/m1/s1. The molecular formula is C9H14O4. The van der Waals surface area contributed by atoms with Crippen LogP contribution >= 0.6 is 0 Å². The Kier molecular flexibility index (Phi) is 5.59. The van der Waals surface area contributed by atoms with E-state index >= 15 is 0 Å². The highest BCUT2D eigenvalue weighted by Gasteiger charge is 2.13. The quantitative estimate of drug-likeness (QED) is 0.476. The molecule has 0 aromatic carbocycles. The molecule has 0 unspecified atom stereocenters. The molecule has 0 aromatic rings. The van der Waals surface area contributed by atoms with Gasteiger partial charge < -0.3 is 9.47 Å². The molecule has 0 N–H and O–H groups in total. The van der Waals surface area contributed by atoms with Gasteiger partial charge in [0.1, 0.15) is 6.10 Å². The average Bonchev–Trinajstić information content (AvgIpc) is 2.02. The lowest BCUT2D eigenvalue weighted by Gasteiger charge is -2.11. The van der Waals surface area contributed by atoms with Crippen molar-refractivity contribution >= 4 is 11.9 Å². The summed E-state index contributed by atoms with van der Waals surface area (Å²) in [6.45, 7) is 6.76. The van der Waals surface area contributed by atoms with Gasteiger partial charge in [-0.2, -0.15) is 0 Å². The number of carbonyl (C=O) groups excluding carboxylic acids is 2. The van der Waals surface area contributed by atoms with Crippen LogP contribution in [0.25, 0.3) is 0 Å². The summed E-state index contributed by atoms with van der Waals surface area (Å²) >= 11 is 0. The first-order valence-electron chi connectivity index (χ1n) is 4.05. The number of hydrogen-bond acceptors (Lipinski definition) is 4. The average molecular weight is 186 g/mol. The largest absolute Gasteiger partial charge is 0.466 e. The summed E-state index contributed by atoms with van der Waals surface area (Å²) in [5.41, 5.74) is 0. The zero-order valence-electron chi connectivity index (χ0n) is 7.91. The predicted octanol–water partition coefficient (Wildman–Crippen LogP) is 1.06. The number of rotatable bonds is 5. The summed E-state index contributed by atoms with van der Waals surface area (Å²) in [4.78, 5) is 21.5. The van der Waals surface area contributed by atoms with Crippen LogP contribution in [0, 0.1) is 0 Å². The van der Waals surface area contributed by atoms with Crippen LogP contribution in [0.3, 0.4) is 0 Å². The minimum Gasteiger partial charge on any atom is -0.466 e. The Morgan fingerprint density at radius 3 is 2.54 bits per heavy atom. The topological polar surface area (TPSA) is 52.6 Å². The van der Waals surface area contributed by atoms with Crippen molar-refractivity contribution in [3.05, 3.63) is 12.7 Å². The second-order valence-electron chi connectivity index (χ2n) is 2.39. The SMILES string of the molecule is C=C[C@H](CC(=O)OCC)OC(C)=O. The van der Waals surface area contributed by atoms with Crippen molar-refractivity contribution in [3.63, 3.8) is 0 Å². The first-order chi connectivity index (χ1) is 6.10. The highest BCUT2D eigenvalue weighted by Crippen LogP contribution is 2.02. The van der Waals surface area contributed by atoms with E-state index in [9.17, 15) is 9.59 Å². The maximum absolute atomic E-state index is 10.9. The molecule has 0 aliphatic rings. The third-order valence-corrected chi connectivity index (χ3v) is 1.25. The Bertz CT molecular complexity index is 198. The van der Waals surface area contributed by atoms with Crippen molar-refractivity contribution in [1.82, 2.24) is 0 Å². The van der Waals surface area contributed by atoms with E-state index in [1.165, 1.54) is 13.0 Å². The van der Waals surface area contributed by atoms with Crippen molar-refractivity contribution in [2.45, 2.75) is 26.4 Å². The van der Waals surface area contributed by atoms with Gasteiger partial charge in [0.15, 0.2) is 0 Å². The van der Waals surface area contributed by atoms with Crippen LogP contribution in [0.1, 0.15) is 20.3 Å². The highest BCUT2D eigenvalue weighted by molar-refractivity contribution is 5.71. The second kappa shape index (κ2) is 6.22. The molecule has 0 radical (unpaired) electrons. The Hall–Kier alpha value is -1.32. The van der Waals surface area contributed by atoms with E-state index in [2.05, 4.69) is 11.3 Å². The van der Waals surface area contributed by atoms with Crippen LogP contribution in [0.5, 0.6) is 0 Å². The van der Waals surface area contributed by atoms with Crippen LogP contribution in [-0.2, 0) is 19.1 Å². The molecule has 0 aromatic heterocycles. The maximum Gasteiger partial charge on any atom is 0.309 e. The van der Waals surface area contributed by atoms with Gasteiger partial charge in [0.2, 0.25) is 0 Å². The van der Waals surface area contributed by atoms with Crippen LogP contribution in [0.4, 0.5) is 0 Å². The molecular weight excluding hydrogens is 172 g/mol. The first kappa shape index (κ1) is 11.7. The van der Waals surface area contributed by atoms with Gasteiger partial charge in [-0.25, -0.2) is 0 Å². The minimum atomic E-state index is -0.587. The van der Waals surface area contributed by atoms with Crippen molar-refractivity contribution < 1.29 is 19.1 Å². The Labute approximate surface area is 77.5 Å². The molecule has 74 valence electrons. The van der Waals surface area contributed by atoms with E-state index < -0.39 is 18.0 Å². The molecule has 0 saturated heterocycles. The molecule has 0 aliphatic heterocycles. The normalized spacial score (nSPS) is 11.5. The Morgan fingerprint density at radius 2 is 2.15 bits per heavy atom. The Morgan fingerprint density at radius 1 is 1.54 bits per heavy atom. The molecule has 4 heteroatoms. The third kappa shape index (κ3) is 5.90. The molecule has 0 rings (SSSR count). The monoisotopic (exact) mass is 186 g/mol. The van der Waals surface area contributed by atoms with E-state index in [0.29, 0.717) is 6.61 Å². The van der Waals surface area contributed by atoms with Crippen molar-refractivity contribution in [2.24, 2.45) is 0 Å². The van der Waals surface area contributed by atoms with Crippen LogP contribution in [0.2, 0.25) is 0 Å². The van der Waals surface area contributed by atoms with Crippen molar-refractivity contribution in [2.75, 3.05) is 6.61 Å². The first-order valence-corrected chi connectivity index (χ1v) is 4.05. The predicted molar refractivity (Wildman–Crippen MR) is 47.0 cm³/mol. The summed E-state index contributed by atoms with van der Waals surface area (Å²) in [7, 11) is 0. The van der Waals surface area contributed by atoms with E-state index in [0.717, 1.165) is 0 Å². The van der Waals surface area contributed by atoms with Crippen molar-refractivity contribution in [1.29, 1.82) is 0 Å². The van der Waals surface area contributed by atoms with Gasteiger partial charge in [0.25, 0.3) is 0 Å². The van der Waals surface area contributed by atoms with Gasteiger partial charge in [-0.05, 0) is 6.92 Å². The summed E-state index contributed by atoms with van der Waals surface area (Å²) in [5.74, 6) is -0.831. The molecule has 0 saturated carbocycles.